The lowest BCUT2D eigenvalue weighted by Gasteiger charge is -2.27. The van der Waals surface area contributed by atoms with Crippen molar-refractivity contribution >= 4 is 70.5 Å². The predicted octanol–water partition coefficient (Wildman–Crippen LogP) is 14.4. The fourth-order valence-electron chi connectivity index (χ4n) is 7.51. The zero-order chi connectivity index (χ0) is 33.7. The average molecular weight is 670 g/mol. The van der Waals surface area contributed by atoms with E-state index in [4.69, 9.17) is 4.42 Å². The second-order valence-electron chi connectivity index (χ2n) is 12.9. The number of anilines is 3. The Bertz CT molecular complexity index is 2850. The standard InChI is InChI=1S/C48H31NOS/c1-3-13-32(14-4-1)35-17-11-18-36(31-35)33-25-27-37(28-26-33)49(41-21-12-23-44-47(41)39-19-7-9-22-43(39)50-44)42-30-29-38(34-15-5-2-6-16-34)46-40-20-8-10-24-45(40)51-48(42)46/h1-31H. The van der Waals surface area contributed by atoms with Gasteiger partial charge < -0.3 is 9.32 Å². The van der Waals surface area contributed by atoms with E-state index in [2.05, 4.69) is 187 Å². The third kappa shape index (κ3) is 5.01. The van der Waals surface area contributed by atoms with Crippen LogP contribution in [0.15, 0.2) is 192 Å². The normalized spacial score (nSPS) is 11.5. The third-order valence-electron chi connectivity index (χ3n) is 9.88. The lowest BCUT2D eigenvalue weighted by atomic mass is 9.97. The Morgan fingerprint density at radius 2 is 1.00 bits per heavy atom. The highest BCUT2D eigenvalue weighted by atomic mass is 32.1. The lowest BCUT2D eigenvalue weighted by Crippen LogP contribution is -2.10. The first-order valence-corrected chi connectivity index (χ1v) is 18.1. The lowest BCUT2D eigenvalue weighted by molar-refractivity contribution is 0.669. The molecule has 0 spiro atoms. The van der Waals surface area contributed by atoms with Gasteiger partial charge >= 0.3 is 0 Å². The van der Waals surface area contributed by atoms with Crippen LogP contribution < -0.4 is 4.90 Å². The first kappa shape index (κ1) is 29.5. The maximum absolute atomic E-state index is 6.43. The SMILES string of the molecule is c1ccc(-c2cccc(-c3ccc(N(c4ccc(-c5ccccc5)c5c4sc4ccccc45)c4cccc5oc6ccccc6c45)cc3)c2)cc1. The van der Waals surface area contributed by atoms with E-state index in [9.17, 15) is 0 Å². The summed E-state index contributed by atoms with van der Waals surface area (Å²) in [6.45, 7) is 0. The van der Waals surface area contributed by atoms with E-state index < -0.39 is 0 Å². The minimum atomic E-state index is 0.876. The van der Waals surface area contributed by atoms with Crippen molar-refractivity contribution in [1.29, 1.82) is 0 Å². The maximum atomic E-state index is 6.43. The van der Waals surface area contributed by atoms with E-state index in [-0.39, 0.29) is 0 Å². The zero-order valence-corrected chi connectivity index (χ0v) is 28.5. The molecule has 0 aliphatic heterocycles. The van der Waals surface area contributed by atoms with Gasteiger partial charge in [0.25, 0.3) is 0 Å². The van der Waals surface area contributed by atoms with Gasteiger partial charge in [0.15, 0.2) is 0 Å². The van der Waals surface area contributed by atoms with Crippen LogP contribution in [0.1, 0.15) is 0 Å². The highest BCUT2D eigenvalue weighted by molar-refractivity contribution is 7.26. The van der Waals surface area contributed by atoms with Crippen LogP contribution in [0.5, 0.6) is 0 Å². The van der Waals surface area contributed by atoms with E-state index in [0.717, 1.165) is 39.0 Å². The second-order valence-corrected chi connectivity index (χ2v) is 13.9. The van der Waals surface area contributed by atoms with Gasteiger partial charge in [-0.15, -0.1) is 11.3 Å². The van der Waals surface area contributed by atoms with Crippen molar-refractivity contribution in [3.63, 3.8) is 0 Å². The summed E-state index contributed by atoms with van der Waals surface area (Å²) < 4.78 is 8.96. The fourth-order valence-corrected chi connectivity index (χ4v) is 8.74. The number of hydrogen-bond donors (Lipinski definition) is 0. The fraction of sp³-hybridized carbons (Fsp3) is 0. The molecule has 240 valence electrons. The van der Waals surface area contributed by atoms with Gasteiger partial charge in [0.2, 0.25) is 0 Å². The van der Waals surface area contributed by atoms with Crippen LogP contribution in [0, 0.1) is 0 Å². The summed E-state index contributed by atoms with van der Waals surface area (Å²) in [6.07, 6.45) is 0. The van der Waals surface area contributed by atoms with E-state index >= 15 is 0 Å². The molecule has 10 aromatic rings. The zero-order valence-electron chi connectivity index (χ0n) is 27.7. The molecule has 0 unspecified atom stereocenters. The largest absolute Gasteiger partial charge is 0.456 e. The van der Waals surface area contributed by atoms with Crippen LogP contribution in [-0.2, 0) is 0 Å². The summed E-state index contributed by atoms with van der Waals surface area (Å²) in [5, 5.41) is 4.77. The number of nitrogens with zero attached hydrogens (tertiary/aromatic N) is 1. The number of para-hydroxylation sites is 1. The average Bonchev–Trinajstić information content (AvgIpc) is 3.79. The van der Waals surface area contributed by atoms with Crippen molar-refractivity contribution in [2.24, 2.45) is 0 Å². The van der Waals surface area contributed by atoms with Crippen molar-refractivity contribution in [3.8, 4) is 33.4 Å². The monoisotopic (exact) mass is 669 g/mol. The van der Waals surface area contributed by atoms with Crippen LogP contribution in [-0.4, -0.2) is 0 Å². The van der Waals surface area contributed by atoms with Gasteiger partial charge in [-0.25, -0.2) is 0 Å². The molecular weight excluding hydrogens is 639 g/mol. The Hall–Kier alpha value is -6.42. The van der Waals surface area contributed by atoms with E-state index in [1.165, 1.54) is 53.6 Å². The van der Waals surface area contributed by atoms with Crippen LogP contribution in [0.25, 0.3) is 75.5 Å². The Morgan fingerprint density at radius 3 is 1.78 bits per heavy atom. The Kier molecular flexibility index (Phi) is 7.04. The van der Waals surface area contributed by atoms with Crippen molar-refractivity contribution < 1.29 is 4.42 Å². The summed E-state index contributed by atoms with van der Waals surface area (Å²) in [5.41, 5.74) is 12.3. The van der Waals surface area contributed by atoms with Gasteiger partial charge in [0.1, 0.15) is 11.2 Å². The molecule has 0 saturated heterocycles. The molecule has 0 atom stereocenters. The number of thiophene rings is 1. The van der Waals surface area contributed by atoms with E-state index in [1.54, 1.807) is 0 Å². The van der Waals surface area contributed by atoms with E-state index in [1.807, 2.05) is 17.4 Å². The molecular formula is C48H31NOS. The predicted molar refractivity (Wildman–Crippen MR) is 218 cm³/mol. The molecule has 8 aromatic carbocycles. The quantitative estimate of drug-likeness (QED) is 0.175. The second kappa shape index (κ2) is 12.2. The topological polar surface area (TPSA) is 16.4 Å². The molecule has 2 heterocycles. The molecule has 10 rings (SSSR count). The smallest absolute Gasteiger partial charge is 0.137 e. The van der Waals surface area contributed by atoms with Crippen molar-refractivity contribution in [2.45, 2.75) is 0 Å². The highest BCUT2D eigenvalue weighted by Gasteiger charge is 2.24. The molecule has 2 aromatic heterocycles. The number of benzene rings is 8. The van der Waals surface area contributed by atoms with Gasteiger partial charge in [-0.05, 0) is 81.9 Å². The molecule has 0 bridgehead atoms. The summed E-state index contributed by atoms with van der Waals surface area (Å²) in [7, 11) is 0. The van der Waals surface area contributed by atoms with Crippen molar-refractivity contribution in [3.05, 3.63) is 188 Å². The van der Waals surface area contributed by atoms with Crippen molar-refractivity contribution in [2.75, 3.05) is 4.90 Å². The summed E-state index contributed by atoms with van der Waals surface area (Å²) in [5.74, 6) is 0. The number of furan rings is 1. The molecule has 0 amide bonds. The highest BCUT2D eigenvalue weighted by Crippen LogP contribution is 2.50. The summed E-state index contributed by atoms with van der Waals surface area (Å²) >= 11 is 1.86. The number of rotatable bonds is 6. The van der Waals surface area contributed by atoms with Gasteiger partial charge in [-0.1, -0.05) is 140 Å². The third-order valence-corrected chi connectivity index (χ3v) is 11.1. The molecule has 0 aliphatic rings. The van der Waals surface area contributed by atoms with Crippen LogP contribution in [0.2, 0.25) is 0 Å². The Morgan fingerprint density at radius 1 is 0.392 bits per heavy atom. The molecule has 2 nitrogen and oxygen atoms in total. The first-order chi connectivity index (χ1) is 25.3. The Labute approximate surface area is 300 Å². The van der Waals surface area contributed by atoms with E-state index in [0.29, 0.717) is 0 Å². The molecule has 0 fully saturated rings. The Balaban J connectivity index is 1.21. The minimum Gasteiger partial charge on any atom is -0.456 e. The molecule has 0 saturated carbocycles. The molecule has 3 heteroatoms. The van der Waals surface area contributed by atoms with Crippen LogP contribution in [0.4, 0.5) is 17.1 Å². The first-order valence-electron chi connectivity index (χ1n) is 17.3. The number of fused-ring (bicyclic) bond motifs is 6. The van der Waals surface area contributed by atoms with Crippen LogP contribution in [0.3, 0.4) is 0 Å². The van der Waals surface area contributed by atoms with Gasteiger partial charge in [0, 0.05) is 26.5 Å². The molecule has 0 radical (unpaired) electrons. The molecule has 51 heavy (non-hydrogen) atoms. The molecule has 0 N–H and O–H groups in total. The van der Waals surface area contributed by atoms with Gasteiger partial charge in [-0.2, -0.15) is 0 Å². The molecule has 0 aliphatic carbocycles. The van der Waals surface area contributed by atoms with Gasteiger partial charge in [-0.3, -0.25) is 0 Å². The maximum Gasteiger partial charge on any atom is 0.137 e. The number of hydrogen-bond acceptors (Lipinski definition) is 3. The summed E-state index contributed by atoms with van der Waals surface area (Å²) in [6, 6.07) is 67.3. The van der Waals surface area contributed by atoms with Crippen LogP contribution >= 0.6 is 11.3 Å². The van der Waals surface area contributed by atoms with Gasteiger partial charge in [0.05, 0.1) is 21.5 Å². The minimum absolute atomic E-state index is 0.876. The summed E-state index contributed by atoms with van der Waals surface area (Å²) in [4.78, 5) is 2.43. The van der Waals surface area contributed by atoms with Crippen molar-refractivity contribution in [1.82, 2.24) is 0 Å².